The van der Waals surface area contributed by atoms with E-state index in [4.69, 9.17) is 9.78 Å². The highest BCUT2D eigenvalue weighted by atomic mass is 32.2. The zero-order chi connectivity index (χ0) is 18.8. The molecule has 7 heteroatoms. The summed E-state index contributed by atoms with van der Waals surface area (Å²) in [6, 6.07) is 7.74. The zero-order valence-electron chi connectivity index (χ0n) is 14.8. The highest BCUT2D eigenvalue weighted by molar-refractivity contribution is 8.01. The quantitative estimate of drug-likeness (QED) is 0.812. The van der Waals surface area contributed by atoms with Gasteiger partial charge in [-0.3, -0.25) is 4.79 Å². The van der Waals surface area contributed by atoms with Gasteiger partial charge in [-0.05, 0) is 32.0 Å². The molecule has 2 aromatic rings. The molecule has 5 nitrogen and oxygen atoms in total. The summed E-state index contributed by atoms with van der Waals surface area (Å²) in [6.45, 7) is 9.32. The number of rotatable bonds is 4. The Hall–Kier alpha value is -2.33. The molecule has 0 aliphatic rings. The van der Waals surface area contributed by atoms with Crippen molar-refractivity contribution in [2.24, 2.45) is 0 Å². The first kappa shape index (κ1) is 19.0. The number of hydrogen-bond donors (Lipinski definition) is 1. The average Bonchev–Trinajstić information content (AvgIpc) is 2.97. The molecule has 25 heavy (non-hydrogen) atoms. The molecule has 0 radical (unpaired) electrons. The number of thioether (sulfide) groups is 1. The molecule has 0 saturated heterocycles. The van der Waals surface area contributed by atoms with E-state index < -0.39 is 10.6 Å². The van der Waals surface area contributed by atoms with E-state index in [0.29, 0.717) is 16.5 Å². The number of benzene rings is 1. The van der Waals surface area contributed by atoms with Gasteiger partial charge in [0.05, 0.1) is 16.4 Å². The van der Waals surface area contributed by atoms with Crippen molar-refractivity contribution in [2.45, 2.75) is 49.7 Å². The van der Waals surface area contributed by atoms with Gasteiger partial charge < -0.3 is 9.84 Å². The predicted molar refractivity (Wildman–Crippen MR) is 94.9 cm³/mol. The smallest absolute Gasteiger partial charge is 0.241 e. The van der Waals surface area contributed by atoms with Crippen LogP contribution < -0.4 is 5.32 Å². The van der Waals surface area contributed by atoms with Crippen LogP contribution in [0.2, 0.25) is 0 Å². The van der Waals surface area contributed by atoms with Crippen molar-refractivity contribution >= 4 is 23.5 Å². The van der Waals surface area contributed by atoms with Crippen LogP contribution in [0.5, 0.6) is 0 Å². The molecule has 0 atom stereocenters. The maximum absolute atomic E-state index is 14.1. The summed E-state index contributed by atoms with van der Waals surface area (Å²) < 4.78 is 18.4. The number of aromatic nitrogens is 1. The first-order chi connectivity index (χ1) is 11.5. The lowest BCUT2D eigenvalue weighted by Gasteiger charge is -2.22. The van der Waals surface area contributed by atoms with Crippen molar-refractivity contribution in [3.8, 4) is 6.07 Å². The third-order valence-electron chi connectivity index (χ3n) is 3.46. The first-order valence-electron chi connectivity index (χ1n) is 7.70. The van der Waals surface area contributed by atoms with Gasteiger partial charge in [-0.25, -0.2) is 4.39 Å². The summed E-state index contributed by atoms with van der Waals surface area (Å²) in [6.07, 6.45) is 0. The standard InChI is InChI=1S/C18H20FN3O2S/c1-17(2,3)14-9-15(22-24-14)21-16(23)18(4,5)25-13-7-6-11(10-20)8-12(13)19/h6-9H,1-5H3,(H,21,22,23). The number of carbonyl (C=O) groups excluding carboxylic acids is 1. The molecule has 0 saturated carbocycles. The topological polar surface area (TPSA) is 78.9 Å². The second-order valence-corrected chi connectivity index (χ2v) is 8.81. The van der Waals surface area contributed by atoms with E-state index in [-0.39, 0.29) is 16.9 Å². The van der Waals surface area contributed by atoms with Crippen molar-refractivity contribution in [3.63, 3.8) is 0 Å². The molecule has 132 valence electrons. The highest BCUT2D eigenvalue weighted by Crippen LogP contribution is 2.35. The van der Waals surface area contributed by atoms with Crippen LogP contribution >= 0.6 is 11.8 Å². The van der Waals surface area contributed by atoms with Crippen molar-refractivity contribution in [3.05, 3.63) is 41.4 Å². The number of carbonyl (C=O) groups is 1. The summed E-state index contributed by atoms with van der Waals surface area (Å²) in [5, 5.41) is 15.3. The normalized spacial score (nSPS) is 11.9. The summed E-state index contributed by atoms with van der Waals surface area (Å²) in [5.41, 5.74) is 0.0210. The van der Waals surface area contributed by atoms with Crippen molar-refractivity contribution in [1.29, 1.82) is 5.26 Å². The van der Waals surface area contributed by atoms with Crippen LogP contribution in [-0.2, 0) is 10.2 Å². The second kappa shape index (κ2) is 6.89. The number of nitrogens with zero attached hydrogens (tertiary/aromatic N) is 2. The first-order valence-corrected chi connectivity index (χ1v) is 8.52. The molecule has 0 fully saturated rings. The number of halogens is 1. The number of hydrogen-bond acceptors (Lipinski definition) is 5. The third kappa shape index (κ3) is 4.60. The molecule has 1 aromatic heterocycles. The maximum Gasteiger partial charge on any atom is 0.241 e. The Labute approximate surface area is 150 Å². The van der Waals surface area contributed by atoms with E-state index in [1.54, 1.807) is 19.9 Å². The van der Waals surface area contributed by atoms with Crippen LogP contribution in [0.15, 0.2) is 33.7 Å². The van der Waals surface area contributed by atoms with Gasteiger partial charge in [0.15, 0.2) is 5.82 Å². The zero-order valence-corrected chi connectivity index (χ0v) is 15.6. The lowest BCUT2D eigenvalue weighted by Crippen LogP contribution is -2.34. The molecule has 1 aromatic carbocycles. The molecule has 1 N–H and O–H groups in total. The van der Waals surface area contributed by atoms with E-state index in [2.05, 4.69) is 10.5 Å². The summed E-state index contributed by atoms with van der Waals surface area (Å²) >= 11 is 1.08. The van der Waals surface area contributed by atoms with Gasteiger partial charge >= 0.3 is 0 Å². The van der Waals surface area contributed by atoms with E-state index in [1.807, 2.05) is 26.8 Å². The third-order valence-corrected chi connectivity index (χ3v) is 4.71. The second-order valence-electron chi connectivity index (χ2n) is 7.15. The van der Waals surface area contributed by atoms with E-state index in [0.717, 1.165) is 17.8 Å². The van der Waals surface area contributed by atoms with E-state index in [1.165, 1.54) is 12.1 Å². The molecule has 0 aliphatic carbocycles. The lowest BCUT2D eigenvalue weighted by molar-refractivity contribution is -0.117. The molecule has 1 amide bonds. The Balaban J connectivity index is 2.12. The van der Waals surface area contributed by atoms with Gasteiger partial charge in [-0.2, -0.15) is 5.26 Å². The maximum atomic E-state index is 14.1. The summed E-state index contributed by atoms with van der Waals surface area (Å²) in [4.78, 5) is 12.8. The molecule has 0 bridgehead atoms. The molecule has 0 spiro atoms. The van der Waals surface area contributed by atoms with Gasteiger partial charge in [0.1, 0.15) is 11.6 Å². The summed E-state index contributed by atoms with van der Waals surface area (Å²) in [7, 11) is 0. The molecular weight excluding hydrogens is 341 g/mol. The monoisotopic (exact) mass is 361 g/mol. The number of amides is 1. The minimum absolute atomic E-state index is 0.216. The Kier molecular flexibility index (Phi) is 5.23. The largest absolute Gasteiger partial charge is 0.359 e. The van der Waals surface area contributed by atoms with Crippen LogP contribution in [0.4, 0.5) is 10.2 Å². The van der Waals surface area contributed by atoms with Crippen LogP contribution in [0.3, 0.4) is 0 Å². The van der Waals surface area contributed by atoms with Gasteiger partial charge in [0.25, 0.3) is 0 Å². The van der Waals surface area contributed by atoms with Crippen LogP contribution in [0.1, 0.15) is 45.9 Å². The number of nitrogens with one attached hydrogen (secondary N) is 1. The lowest BCUT2D eigenvalue weighted by atomic mass is 9.93. The molecule has 2 rings (SSSR count). The predicted octanol–water partition coefficient (Wildman–Crippen LogP) is 4.49. The Morgan fingerprint density at radius 2 is 1.96 bits per heavy atom. The Morgan fingerprint density at radius 1 is 1.28 bits per heavy atom. The summed E-state index contributed by atoms with van der Waals surface area (Å²) in [5.74, 6) is 0.131. The number of nitriles is 1. The van der Waals surface area contributed by atoms with Gasteiger partial charge in [-0.1, -0.05) is 25.9 Å². The molecule has 0 unspecified atom stereocenters. The minimum atomic E-state index is -0.949. The van der Waals surface area contributed by atoms with E-state index >= 15 is 0 Å². The molecular formula is C18H20FN3O2S. The Morgan fingerprint density at radius 3 is 2.48 bits per heavy atom. The fourth-order valence-corrected chi connectivity index (χ4v) is 2.91. The Bertz CT molecular complexity index is 832. The van der Waals surface area contributed by atoms with Gasteiger partial charge in [-0.15, -0.1) is 11.8 Å². The van der Waals surface area contributed by atoms with Crippen molar-refractivity contribution in [2.75, 3.05) is 5.32 Å². The fourth-order valence-electron chi connectivity index (χ4n) is 1.93. The van der Waals surface area contributed by atoms with Gasteiger partial charge in [0.2, 0.25) is 5.91 Å². The molecule has 1 heterocycles. The highest BCUT2D eigenvalue weighted by Gasteiger charge is 2.31. The van der Waals surface area contributed by atoms with Crippen LogP contribution in [-0.4, -0.2) is 15.8 Å². The molecule has 0 aliphatic heterocycles. The van der Waals surface area contributed by atoms with Crippen molar-refractivity contribution in [1.82, 2.24) is 5.16 Å². The van der Waals surface area contributed by atoms with Crippen LogP contribution in [0, 0.1) is 17.1 Å². The number of anilines is 1. The van der Waals surface area contributed by atoms with E-state index in [9.17, 15) is 9.18 Å². The average molecular weight is 361 g/mol. The van der Waals surface area contributed by atoms with Gasteiger partial charge in [0, 0.05) is 16.4 Å². The van der Waals surface area contributed by atoms with Crippen LogP contribution in [0.25, 0.3) is 0 Å². The SMILES string of the molecule is CC(C)(Sc1ccc(C#N)cc1F)C(=O)Nc1cc(C(C)(C)C)on1. The minimum Gasteiger partial charge on any atom is -0.359 e. The van der Waals surface area contributed by atoms with Crippen molar-refractivity contribution < 1.29 is 13.7 Å². The fraction of sp³-hybridized carbons (Fsp3) is 0.389.